The maximum Gasteiger partial charge on any atom is 0.308 e. The minimum absolute atomic E-state index is 0.0908. The molecule has 1 unspecified atom stereocenters. The van der Waals surface area contributed by atoms with Gasteiger partial charge >= 0.3 is 5.97 Å². The molecule has 1 aromatic carbocycles. The smallest absolute Gasteiger partial charge is 0.308 e. The van der Waals surface area contributed by atoms with E-state index in [9.17, 15) is 9.59 Å². The van der Waals surface area contributed by atoms with Crippen molar-refractivity contribution in [2.45, 2.75) is 6.92 Å². The minimum atomic E-state index is -0.943. The molecule has 1 aromatic rings. The molecule has 0 aromatic heterocycles. The molecule has 0 saturated carbocycles. The van der Waals surface area contributed by atoms with E-state index < -0.39 is 11.9 Å². The summed E-state index contributed by atoms with van der Waals surface area (Å²) < 4.78 is 6.05. The van der Waals surface area contributed by atoms with Crippen LogP contribution in [0.2, 0.25) is 0 Å². The van der Waals surface area contributed by atoms with Crippen molar-refractivity contribution in [3.63, 3.8) is 0 Å². The van der Waals surface area contributed by atoms with Crippen molar-refractivity contribution >= 4 is 27.8 Å². The van der Waals surface area contributed by atoms with Gasteiger partial charge in [0, 0.05) is 6.54 Å². The maximum atomic E-state index is 11.4. The first-order chi connectivity index (χ1) is 8.50. The van der Waals surface area contributed by atoms with Gasteiger partial charge in [0.05, 0.1) is 10.4 Å². The Morgan fingerprint density at radius 3 is 2.72 bits per heavy atom. The number of carboxylic acid groups (broad SMARTS) is 1. The van der Waals surface area contributed by atoms with Gasteiger partial charge in [-0.05, 0) is 28.1 Å². The van der Waals surface area contributed by atoms with Crippen LogP contribution in [0.25, 0.3) is 0 Å². The van der Waals surface area contributed by atoms with Gasteiger partial charge in [-0.1, -0.05) is 19.1 Å². The number of halogens is 1. The first-order valence-electron chi connectivity index (χ1n) is 5.37. The highest BCUT2D eigenvalue weighted by Gasteiger charge is 2.12. The third-order valence-corrected chi connectivity index (χ3v) is 2.88. The average Bonchev–Trinajstić information content (AvgIpc) is 2.34. The number of para-hydroxylation sites is 1. The Kier molecular flexibility index (Phi) is 5.64. The van der Waals surface area contributed by atoms with E-state index in [1.54, 1.807) is 18.2 Å². The van der Waals surface area contributed by atoms with Crippen LogP contribution in [0.15, 0.2) is 28.7 Å². The number of carboxylic acids is 1. The van der Waals surface area contributed by atoms with Gasteiger partial charge in [-0.2, -0.15) is 0 Å². The normalized spacial score (nSPS) is 11.7. The van der Waals surface area contributed by atoms with E-state index in [1.807, 2.05) is 6.07 Å². The monoisotopic (exact) mass is 315 g/mol. The molecule has 0 aliphatic rings. The lowest BCUT2D eigenvalue weighted by molar-refractivity contribution is -0.141. The summed E-state index contributed by atoms with van der Waals surface area (Å²) >= 11 is 3.29. The second-order valence-corrected chi connectivity index (χ2v) is 4.62. The largest absolute Gasteiger partial charge is 0.483 e. The summed E-state index contributed by atoms with van der Waals surface area (Å²) in [6.45, 7) is 1.47. The number of rotatable bonds is 6. The number of nitrogens with one attached hydrogen (secondary N) is 1. The fraction of sp³-hybridized carbons (Fsp3) is 0.333. The zero-order valence-corrected chi connectivity index (χ0v) is 11.4. The maximum absolute atomic E-state index is 11.4. The first-order valence-corrected chi connectivity index (χ1v) is 6.17. The molecule has 18 heavy (non-hydrogen) atoms. The quantitative estimate of drug-likeness (QED) is 0.837. The van der Waals surface area contributed by atoms with Crippen molar-refractivity contribution in [1.29, 1.82) is 0 Å². The van der Waals surface area contributed by atoms with Crippen molar-refractivity contribution in [2.75, 3.05) is 13.2 Å². The lowest BCUT2D eigenvalue weighted by Crippen LogP contribution is -2.34. The van der Waals surface area contributed by atoms with E-state index >= 15 is 0 Å². The molecule has 0 bridgehead atoms. The molecule has 0 saturated heterocycles. The topological polar surface area (TPSA) is 75.6 Å². The van der Waals surface area contributed by atoms with Gasteiger partial charge in [0.2, 0.25) is 0 Å². The van der Waals surface area contributed by atoms with Gasteiger partial charge in [0.15, 0.2) is 6.61 Å². The van der Waals surface area contributed by atoms with E-state index in [0.29, 0.717) is 5.75 Å². The number of ether oxygens (including phenoxy) is 1. The Morgan fingerprint density at radius 1 is 1.44 bits per heavy atom. The van der Waals surface area contributed by atoms with Crippen LogP contribution >= 0.6 is 15.9 Å². The number of hydrogen-bond acceptors (Lipinski definition) is 3. The zero-order chi connectivity index (χ0) is 13.5. The van der Waals surface area contributed by atoms with Gasteiger partial charge in [-0.25, -0.2) is 0 Å². The molecule has 1 rings (SSSR count). The zero-order valence-electron chi connectivity index (χ0n) is 9.85. The van der Waals surface area contributed by atoms with E-state index in [-0.39, 0.29) is 19.1 Å². The van der Waals surface area contributed by atoms with Crippen LogP contribution in [0.1, 0.15) is 6.92 Å². The van der Waals surface area contributed by atoms with Gasteiger partial charge < -0.3 is 15.2 Å². The molecule has 6 heteroatoms. The molecule has 0 aliphatic carbocycles. The molecule has 2 N–H and O–H groups in total. The van der Waals surface area contributed by atoms with Gasteiger partial charge in [-0.3, -0.25) is 9.59 Å². The van der Waals surface area contributed by atoms with E-state index in [2.05, 4.69) is 21.2 Å². The second-order valence-electron chi connectivity index (χ2n) is 3.76. The molecule has 0 aliphatic heterocycles. The van der Waals surface area contributed by atoms with Crippen molar-refractivity contribution in [2.24, 2.45) is 5.92 Å². The third-order valence-electron chi connectivity index (χ3n) is 2.22. The fourth-order valence-corrected chi connectivity index (χ4v) is 1.51. The summed E-state index contributed by atoms with van der Waals surface area (Å²) in [7, 11) is 0. The molecule has 1 atom stereocenters. The Hall–Kier alpha value is -1.56. The lowest BCUT2D eigenvalue weighted by atomic mass is 10.2. The highest BCUT2D eigenvalue weighted by molar-refractivity contribution is 9.10. The van der Waals surface area contributed by atoms with Crippen LogP contribution in [0.4, 0.5) is 0 Å². The summed E-state index contributed by atoms with van der Waals surface area (Å²) in [6.07, 6.45) is 0. The summed E-state index contributed by atoms with van der Waals surface area (Å²) in [5.41, 5.74) is 0. The Morgan fingerprint density at radius 2 is 2.11 bits per heavy atom. The minimum Gasteiger partial charge on any atom is -0.483 e. The van der Waals surface area contributed by atoms with Gasteiger partial charge in [0.1, 0.15) is 5.75 Å². The Labute approximate surface area is 113 Å². The molecule has 5 nitrogen and oxygen atoms in total. The lowest BCUT2D eigenvalue weighted by Gasteiger charge is -2.10. The predicted octanol–water partition coefficient (Wildman–Crippen LogP) is 1.66. The molecular weight excluding hydrogens is 302 g/mol. The van der Waals surface area contributed by atoms with Crippen LogP contribution in [0, 0.1) is 5.92 Å². The van der Waals surface area contributed by atoms with Crippen LogP contribution in [-0.2, 0) is 9.59 Å². The standard InChI is InChI=1S/C12H14BrNO4/c1-8(12(16)17)6-14-11(15)7-18-10-5-3-2-4-9(10)13/h2-5,8H,6-7H2,1H3,(H,14,15)(H,16,17). The number of carbonyl (C=O) groups is 2. The number of benzene rings is 1. The third kappa shape index (κ3) is 4.75. The van der Waals surface area contributed by atoms with Crippen molar-refractivity contribution < 1.29 is 19.4 Å². The highest BCUT2D eigenvalue weighted by Crippen LogP contribution is 2.23. The van der Waals surface area contributed by atoms with Crippen LogP contribution in [-0.4, -0.2) is 30.1 Å². The molecule has 0 fully saturated rings. The van der Waals surface area contributed by atoms with Crippen LogP contribution < -0.4 is 10.1 Å². The number of aliphatic carboxylic acids is 1. The van der Waals surface area contributed by atoms with E-state index in [4.69, 9.17) is 9.84 Å². The molecule has 0 heterocycles. The van der Waals surface area contributed by atoms with Crippen molar-refractivity contribution in [3.05, 3.63) is 28.7 Å². The molecule has 0 radical (unpaired) electrons. The van der Waals surface area contributed by atoms with Crippen LogP contribution in [0.3, 0.4) is 0 Å². The highest BCUT2D eigenvalue weighted by atomic mass is 79.9. The molecule has 98 valence electrons. The number of hydrogen-bond donors (Lipinski definition) is 2. The SMILES string of the molecule is CC(CNC(=O)COc1ccccc1Br)C(=O)O. The average molecular weight is 316 g/mol. The van der Waals surface area contributed by atoms with E-state index in [0.717, 1.165) is 4.47 Å². The summed E-state index contributed by atoms with van der Waals surface area (Å²) in [4.78, 5) is 22.0. The molecular formula is C12H14BrNO4. The Bertz CT molecular complexity index is 436. The fourth-order valence-electron chi connectivity index (χ4n) is 1.11. The predicted molar refractivity (Wildman–Crippen MR) is 69.4 cm³/mol. The van der Waals surface area contributed by atoms with Crippen molar-refractivity contribution in [1.82, 2.24) is 5.32 Å². The summed E-state index contributed by atoms with van der Waals surface area (Å²) in [5.74, 6) is -1.34. The summed E-state index contributed by atoms with van der Waals surface area (Å²) in [6, 6.07) is 7.17. The van der Waals surface area contributed by atoms with E-state index in [1.165, 1.54) is 6.92 Å². The van der Waals surface area contributed by atoms with Crippen molar-refractivity contribution in [3.8, 4) is 5.75 Å². The molecule has 1 amide bonds. The van der Waals surface area contributed by atoms with Crippen LogP contribution in [0.5, 0.6) is 5.75 Å². The number of carbonyl (C=O) groups excluding carboxylic acids is 1. The summed E-state index contributed by atoms with van der Waals surface area (Å²) in [5, 5.41) is 11.1. The van der Waals surface area contributed by atoms with Gasteiger partial charge in [0.25, 0.3) is 5.91 Å². The van der Waals surface area contributed by atoms with Gasteiger partial charge in [-0.15, -0.1) is 0 Å². The second kappa shape index (κ2) is 7.00. The first kappa shape index (κ1) is 14.5. The Balaban J connectivity index is 2.34. The number of amides is 1. The molecule has 0 spiro atoms.